The van der Waals surface area contributed by atoms with Crippen molar-refractivity contribution in [2.45, 2.75) is 26.7 Å². The van der Waals surface area contributed by atoms with Crippen molar-refractivity contribution in [2.75, 3.05) is 24.6 Å². The number of carbonyl (C=O) groups excluding carboxylic acids is 1. The normalized spacial score (nSPS) is 15.5. The number of hydrogen-bond donors (Lipinski definition) is 1. The van der Waals surface area contributed by atoms with Crippen LogP contribution in [0.25, 0.3) is 11.3 Å². The lowest BCUT2D eigenvalue weighted by molar-refractivity contribution is -0.148. The first kappa shape index (κ1) is 16.8. The van der Waals surface area contributed by atoms with Crippen molar-refractivity contribution in [3.63, 3.8) is 0 Å². The molecule has 128 valence electrons. The third-order valence-corrected chi connectivity index (χ3v) is 5.29. The molecule has 0 aliphatic carbocycles. The number of aromatic hydroxyl groups is 1. The summed E-state index contributed by atoms with van der Waals surface area (Å²) in [6.07, 6.45) is 1.59. The summed E-state index contributed by atoms with van der Waals surface area (Å²) in [7, 11) is 0. The fourth-order valence-corrected chi connectivity index (χ4v) is 3.84. The first-order chi connectivity index (χ1) is 11.6. The highest BCUT2D eigenvalue weighted by Crippen LogP contribution is 2.35. The summed E-state index contributed by atoms with van der Waals surface area (Å²) >= 11 is 1.57. The number of para-hydroxylation sites is 1. The molecule has 0 bridgehead atoms. The van der Waals surface area contributed by atoms with Crippen molar-refractivity contribution >= 4 is 22.4 Å². The molecule has 1 fully saturated rings. The Morgan fingerprint density at radius 3 is 2.88 bits per heavy atom. The fraction of sp³-hybridized carbons (Fsp3) is 0.444. The van der Waals surface area contributed by atoms with Crippen LogP contribution < -0.4 is 4.90 Å². The zero-order chi connectivity index (χ0) is 17.1. The summed E-state index contributed by atoms with van der Waals surface area (Å²) in [5.41, 5.74) is 2.40. The number of carbonyl (C=O) groups is 1. The maximum absolute atomic E-state index is 11.8. The molecule has 1 aromatic heterocycles. The second-order valence-corrected chi connectivity index (χ2v) is 6.84. The third kappa shape index (κ3) is 3.38. The van der Waals surface area contributed by atoms with E-state index in [0.717, 1.165) is 47.9 Å². The van der Waals surface area contributed by atoms with Crippen LogP contribution in [-0.2, 0) is 9.53 Å². The van der Waals surface area contributed by atoms with E-state index in [4.69, 9.17) is 4.74 Å². The predicted octanol–water partition coefficient (Wildman–Crippen LogP) is 3.60. The number of aryl methyl sites for hydroxylation is 1. The Bertz CT molecular complexity index is 721. The van der Waals surface area contributed by atoms with Gasteiger partial charge in [0.05, 0.1) is 18.2 Å². The average Bonchev–Trinajstić information content (AvgIpc) is 3.07. The summed E-state index contributed by atoms with van der Waals surface area (Å²) in [6.45, 7) is 5.76. The molecule has 0 radical (unpaired) electrons. The average molecular weight is 346 g/mol. The maximum atomic E-state index is 11.8. The predicted molar refractivity (Wildman–Crippen MR) is 95.5 cm³/mol. The molecule has 0 saturated carbocycles. The van der Waals surface area contributed by atoms with Crippen LogP contribution in [0.5, 0.6) is 5.75 Å². The van der Waals surface area contributed by atoms with Crippen LogP contribution in [0.15, 0.2) is 23.6 Å². The Labute approximate surface area is 145 Å². The van der Waals surface area contributed by atoms with Crippen molar-refractivity contribution in [2.24, 2.45) is 5.92 Å². The smallest absolute Gasteiger partial charge is 0.309 e. The number of phenolic OH excluding ortho intramolecular Hbond substituents is 1. The van der Waals surface area contributed by atoms with Gasteiger partial charge >= 0.3 is 5.97 Å². The van der Waals surface area contributed by atoms with Crippen molar-refractivity contribution < 1.29 is 14.6 Å². The molecule has 0 atom stereocenters. The molecule has 2 heterocycles. The highest BCUT2D eigenvalue weighted by molar-refractivity contribution is 7.14. The number of piperidine rings is 1. The summed E-state index contributed by atoms with van der Waals surface area (Å²) < 4.78 is 5.11. The monoisotopic (exact) mass is 346 g/mol. The number of aromatic nitrogens is 1. The van der Waals surface area contributed by atoms with Crippen LogP contribution in [0.1, 0.15) is 25.3 Å². The standard InChI is InChI=1S/C18H22N2O3S/c1-3-23-17(22)13-7-9-20(10-8-13)18-19-15(11-24-18)14-6-4-5-12(2)16(14)21/h4-6,11,13,21H,3,7-10H2,1-2H3. The van der Waals surface area contributed by atoms with E-state index in [1.54, 1.807) is 11.3 Å². The Hall–Kier alpha value is -2.08. The molecule has 1 N–H and O–H groups in total. The minimum atomic E-state index is -0.0818. The number of nitrogens with zero attached hydrogens (tertiary/aromatic N) is 2. The Morgan fingerprint density at radius 1 is 1.42 bits per heavy atom. The SMILES string of the molecule is CCOC(=O)C1CCN(c2nc(-c3cccc(C)c3O)cs2)CC1. The molecule has 0 unspecified atom stereocenters. The number of rotatable bonds is 4. The van der Waals surface area contributed by atoms with Crippen LogP contribution >= 0.6 is 11.3 Å². The summed E-state index contributed by atoms with van der Waals surface area (Å²) in [5, 5.41) is 13.1. The quantitative estimate of drug-likeness (QED) is 0.857. The lowest BCUT2D eigenvalue weighted by atomic mass is 9.97. The topological polar surface area (TPSA) is 62.7 Å². The number of anilines is 1. The number of hydrogen-bond acceptors (Lipinski definition) is 6. The van der Waals surface area contributed by atoms with Gasteiger partial charge in [0, 0.05) is 24.0 Å². The Balaban J connectivity index is 1.69. The van der Waals surface area contributed by atoms with Crippen molar-refractivity contribution in [3.8, 4) is 17.0 Å². The van der Waals surface area contributed by atoms with Gasteiger partial charge in [-0.05, 0) is 38.3 Å². The highest BCUT2D eigenvalue weighted by atomic mass is 32.1. The molecule has 2 aromatic rings. The van der Waals surface area contributed by atoms with Gasteiger partial charge in [0.1, 0.15) is 5.75 Å². The second kappa shape index (κ2) is 7.21. The third-order valence-electron chi connectivity index (χ3n) is 4.39. The van der Waals surface area contributed by atoms with E-state index in [0.29, 0.717) is 6.61 Å². The van der Waals surface area contributed by atoms with Crippen LogP contribution in [0.2, 0.25) is 0 Å². The minimum absolute atomic E-state index is 0.00134. The highest BCUT2D eigenvalue weighted by Gasteiger charge is 2.27. The molecule has 1 saturated heterocycles. The van der Waals surface area contributed by atoms with Gasteiger partial charge < -0.3 is 14.7 Å². The van der Waals surface area contributed by atoms with E-state index < -0.39 is 0 Å². The van der Waals surface area contributed by atoms with E-state index in [1.807, 2.05) is 37.4 Å². The van der Waals surface area contributed by atoms with Crippen molar-refractivity contribution in [1.29, 1.82) is 0 Å². The largest absolute Gasteiger partial charge is 0.507 e. The molecule has 0 amide bonds. The Kier molecular flexibility index (Phi) is 5.04. The van der Waals surface area contributed by atoms with Gasteiger partial charge in [-0.3, -0.25) is 4.79 Å². The lowest BCUT2D eigenvalue weighted by Gasteiger charge is -2.30. The van der Waals surface area contributed by atoms with Crippen LogP contribution in [-0.4, -0.2) is 35.8 Å². The second-order valence-electron chi connectivity index (χ2n) is 6.00. The van der Waals surface area contributed by atoms with Gasteiger partial charge in [0.2, 0.25) is 0 Å². The first-order valence-electron chi connectivity index (χ1n) is 8.26. The molecule has 1 aliphatic heterocycles. The van der Waals surface area contributed by atoms with Crippen LogP contribution in [0.3, 0.4) is 0 Å². The van der Waals surface area contributed by atoms with Gasteiger partial charge in [-0.2, -0.15) is 0 Å². The molecule has 24 heavy (non-hydrogen) atoms. The minimum Gasteiger partial charge on any atom is -0.507 e. The number of benzene rings is 1. The molecule has 6 heteroatoms. The van der Waals surface area contributed by atoms with Crippen LogP contribution in [0.4, 0.5) is 5.13 Å². The van der Waals surface area contributed by atoms with Crippen molar-refractivity contribution in [3.05, 3.63) is 29.1 Å². The number of esters is 1. The molecule has 0 spiro atoms. The summed E-state index contributed by atoms with van der Waals surface area (Å²) in [4.78, 5) is 18.7. The van der Waals surface area contributed by atoms with E-state index in [2.05, 4.69) is 9.88 Å². The molecule has 5 nitrogen and oxygen atoms in total. The molecule has 1 aromatic carbocycles. The van der Waals surface area contributed by atoms with E-state index in [9.17, 15) is 9.90 Å². The zero-order valence-electron chi connectivity index (χ0n) is 14.0. The van der Waals surface area contributed by atoms with E-state index in [-0.39, 0.29) is 17.6 Å². The Morgan fingerprint density at radius 2 is 2.17 bits per heavy atom. The van der Waals surface area contributed by atoms with Gasteiger partial charge in [-0.1, -0.05) is 12.1 Å². The number of thiazole rings is 1. The van der Waals surface area contributed by atoms with Crippen molar-refractivity contribution in [1.82, 2.24) is 4.98 Å². The van der Waals surface area contributed by atoms with E-state index in [1.165, 1.54) is 0 Å². The van der Waals surface area contributed by atoms with Crippen LogP contribution in [0, 0.1) is 12.8 Å². The van der Waals surface area contributed by atoms with Gasteiger partial charge in [-0.15, -0.1) is 11.3 Å². The molecule has 3 rings (SSSR count). The molecular formula is C18H22N2O3S. The van der Waals surface area contributed by atoms with Gasteiger partial charge in [-0.25, -0.2) is 4.98 Å². The fourth-order valence-electron chi connectivity index (χ4n) is 2.97. The van der Waals surface area contributed by atoms with E-state index >= 15 is 0 Å². The molecular weight excluding hydrogens is 324 g/mol. The number of ether oxygens (including phenoxy) is 1. The summed E-state index contributed by atoms with van der Waals surface area (Å²) in [6, 6.07) is 5.69. The zero-order valence-corrected chi connectivity index (χ0v) is 14.8. The lowest BCUT2D eigenvalue weighted by Crippen LogP contribution is -2.36. The first-order valence-corrected chi connectivity index (χ1v) is 9.14. The molecule has 1 aliphatic rings. The summed E-state index contributed by atoms with van der Waals surface area (Å²) in [5.74, 6) is 0.207. The van der Waals surface area contributed by atoms with Gasteiger partial charge in [0.15, 0.2) is 5.13 Å². The maximum Gasteiger partial charge on any atom is 0.309 e. The van der Waals surface area contributed by atoms with Gasteiger partial charge in [0.25, 0.3) is 0 Å². The number of phenols is 1.